The van der Waals surface area contributed by atoms with Crippen LogP contribution in [0.15, 0.2) is 36.4 Å². The standard InChI is InChI=1S/C31H41N3O5/c1-3-38-22-15-13-21(14-16-22)32-28(35)25-24-17-18-31(39-24)26(25)30(37)34(23-12-8-7-9-19(23)2)27(31)29(36)33-20-10-5-4-6-11-20/h13-20,23-27H,3-12H2,1-2H3,(H,32,35)(H,33,36)/t19-,23+,24-,25+,26-,27-,31-/m0/s1. The van der Waals surface area contributed by atoms with Crippen molar-refractivity contribution < 1.29 is 23.9 Å². The Morgan fingerprint density at radius 1 is 1.03 bits per heavy atom. The number of nitrogens with zero attached hydrogens (tertiary/aromatic N) is 1. The maximum Gasteiger partial charge on any atom is 0.246 e. The van der Waals surface area contributed by atoms with Gasteiger partial charge in [-0.25, -0.2) is 0 Å². The molecule has 3 amide bonds. The summed E-state index contributed by atoms with van der Waals surface area (Å²) in [5.41, 5.74) is -0.475. The lowest BCUT2D eigenvalue weighted by atomic mass is 9.74. The van der Waals surface area contributed by atoms with Gasteiger partial charge in [0.2, 0.25) is 17.7 Å². The molecule has 3 heterocycles. The van der Waals surface area contributed by atoms with E-state index in [0.717, 1.165) is 57.1 Å². The Hall–Kier alpha value is -2.87. The van der Waals surface area contributed by atoms with Crippen LogP contribution in [0.5, 0.6) is 5.75 Å². The first kappa shape index (κ1) is 26.4. The van der Waals surface area contributed by atoms with E-state index in [-0.39, 0.29) is 29.8 Å². The number of hydrogen-bond donors (Lipinski definition) is 2. The monoisotopic (exact) mass is 535 g/mol. The summed E-state index contributed by atoms with van der Waals surface area (Å²) in [5, 5.41) is 6.30. The zero-order valence-electron chi connectivity index (χ0n) is 23.1. The highest BCUT2D eigenvalue weighted by Crippen LogP contribution is 2.56. The van der Waals surface area contributed by atoms with Crippen molar-refractivity contribution in [2.45, 2.75) is 101 Å². The van der Waals surface area contributed by atoms with Crippen molar-refractivity contribution in [2.75, 3.05) is 11.9 Å². The zero-order valence-corrected chi connectivity index (χ0v) is 23.1. The summed E-state index contributed by atoms with van der Waals surface area (Å²) in [5.74, 6) is -0.881. The molecule has 0 aromatic heterocycles. The summed E-state index contributed by atoms with van der Waals surface area (Å²) in [7, 11) is 0. The number of nitrogens with one attached hydrogen (secondary N) is 2. The molecule has 5 aliphatic rings. The summed E-state index contributed by atoms with van der Waals surface area (Å²) < 4.78 is 12.1. The number of anilines is 1. The molecule has 8 nitrogen and oxygen atoms in total. The Kier molecular flexibility index (Phi) is 7.16. The average molecular weight is 536 g/mol. The molecular weight excluding hydrogens is 494 g/mol. The van der Waals surface area contributed by atoms with Gasteiger partial charge in [-0.3, -0.25) is 14.4 Å². The Morgan fingerprint density at radius 2 is 1.74 bits per heavy atom. The number of fused-ring (bicyclic) bond motifs is 1. The van der Waals surface area contributed by atoms with Crippen molar-refractivity contribution in [1.82, 2.24) is 10.2 Å². The van der Waals surface area contributed by atoms with Gasteiger partial charge in [0.1, 0.15) is 17.4 Å². The van der Waals surface area contributed by atoms with Crippen molar-refractivity contribution >= 4 is 23.4 Å². The molecule has 39 heavy (non-hydrogen) atoms. The molecule has 2 bridgehead atoms. The van der Waals surface area contributed by atoms with Crippen molar-refractivity contribution in [3.8, 4) is 5.75 Å². The Balaban J connectivity index is 1.29. The number of ether oxygens (including phenoxy) is 2. The van der Waals surface area contributed by atoms with Gasteiger partial charge in [0.05, 0.1) is 24.5 Å². The Bertz CT molecular complexity index is 1130. The van der Waals surface area contributed by atoms with Crippen molar-refractivity contribution in [3.63, 3.8) is 0 Å². The predicted molar refractivity (Wildman–Crippen MR) is 147 cm³/mol. The largest absolute Gasteiger partial charge is 0.494 e. The van der Waals surface area contributed by atoms with Crippen LogP contribution in [-0.4, -0.2) is 59.1 Å². The molecule has 1 aromatic carbocycles. The van der Waals surface area contributed by atoms with Crippen LogP contribution in [0.2, 0.25) is 0 Å². The van der Waals surface area contributed by atoms with E-state index in [0.29, 0.717) is 18.2 Å². The third-order valence-electron chi connectivity index (χ3n) is 9.67. The van der Waals surface area contributed by atoms with E-state index < -0.39 is 29.6 Å². The highest BCUT2D eigenvalue weighted by Gasteiger charge is 2.73. The molecule has 210 valence electrons. The number of benzene rings is 1. The molecule has 1 spiro atoms. The van der Waals surface area contributed by atoms with Gasteiger partial charge in [-0.05, 0) is 62.8 Å². The Labute approximate surface area is 230 Å². The smallest absolute Gasteiger partial charge is 0.246 e. The molecular formula is C31H41N3O5. The molecule has 2 saturated heterocycles. The van der Waals surface area contributed by atoms with Gasteiger partial charge in [0.15, 0.2) is 0 Å². The maximum atomic E-state index is 14.3. The maximum absolute atomic E-state index is 14.3. The molecule has 6 rings (SSSR count). The lowest BCUT2D eigenvalue weighted by Gasteiger charge is -2.42. The normalized spacial score (nSPS) is 35.6. The van der Waals surface area contributed by atoms with Crippen molar-refractivity contribution in [1.29, 1.82) is 0 Å². The minimum atomic E-state index is -1.11. The van der Waals surface area contributed by atoms with Crippen molar-refractivity contribution in [2.24, 2.45) is 17.8 Å². The summed E-state index contributed by atoms with van der Waals surface area (Å²) in [6, 6.07) is 6.58. The fourth-order valence-electron chi connectivity index (χ4n) is 7.83. The summed E-state index contributed by atoms with van der Waals surface area (Å²) >= 11 is 0. The number of hydrogen-bond acceptors (Lipinski definition) is 5. The van der Waals surface area contributed by atoms with E-state index in [9.17, 15) is 14.4 Å². The second kappa shape index (κ2) is 10.6. The van der Waals surface area contributed by atoms with Crippen LogP contribution in [0.3, 0.4) is 0 Å². The third kappa shape index (κ3) is 4.54. The van der Waals surface area contributed by atoms with Gasteiger partial charge in [-0.2, -0.15) is 0 Å². The predicted octanol–water partition coefficient (Wildman–Crippen LogP) is 4.20. The zero-order chi connectivity index (χ0) is 27.1. The van der Waals surface area contributed by atoms with Gasteiger partial charge >= 0.3 is 0 Å². The molecule has 2 aliphatic carbocycles. The van der Waals surface area contributed by atoms with E-state index in [1.807, 2.05) is 36.1 Å². The first-order chi connectivity index (χ1) is 18.9. The van der Waals surface area contributed by atoms with Gasteiger partial charge in [0, 0.05) is 17.8 Å². The second-order valence-corrected chi connectivity index (χ2v) is 12.1. The molecule has 3 aliphatic heterocycles. The molecule has 2 N–H and O–H groups in total. The molecule has 8 heteroatoms. The number of rotatable bonds is 7. The summed E-state index contributed by atoms with van der Waals surface area (Å²) in [6.07, 6.45) is 12.7. The SMILES string of the molecule is CCOc1ccc(NC(=O)[C@@H]2[C@@H]3C=C[C@]4(O3)[C@@H]2C(=O)N([C@@H]2CCCC[C@@H]2C)[C@H]4C(=O)NC2CCCCC2)cc1. The molecule has 0 unspecified atom stereocenters. The Morgan fingerprint density at radius 3 is 2.46 bits per heavy atom. The quantitative estimate of drug-likeness (QED) is 0.510. The van der Waals surface area contributed by atoms with E-state index in [1.54, 1.807) is 12.1 Å². The number of amides is 3. The van der Waals surface area contributed by atoms with Gasteiger partial charge in [-0.1, -0.05) is 51.2 Å². The second-order valence-electron chi connectivity index (χ2n) is 12.1. The lowest BCUT2D eigenvalue weighted by Crippen LogP contribution is -2.59. The number of carbonyl (C=O) groups is 3. The minimum Gasteiger partial charge on any atom is -0.494 e. The van der Waals surface area contributed by atoms with E-state index in [2.05, 4.69) is 17.6 Å². The first-order valence-corrected chi connectivity index (χ1v) is 15.0. The molecule has 0 radical (unpaired) electrons. The van der Waals surface area contributed by atoms with E-state index in [4.69, 9.17) is 9.47 Å². The lowest BCUT2D eigenvalue weighted by molar-refractivity contribution is -0.146. The average Bonchev–Trinajstić information content (AvgIpc) is 3.58. The fourth-order valence-corrected chi connectivity index (χ4v) is 7.83. The topological polar surface area (TPSA) is 97.0 Å². The van der Waals surface area contributed by atoms with Crippen molar-refractivity contribution in [3.05, 3.63) is 36.4 Å². The highest BCUT2D eigenvalue weighted by molar-refractivity contribution is 6.03. The van der Waals surface area contributed by atoms with Gasteiger partial charge in [-0.15, -0.1) is 0 Å². The fraction of sp³-hybridized carbons (Fsp3) is 0.645. The molecule has 2 saturated carbocycles. The highest BCUT2D eigenvalue weighted by atomic mass is 16.5. The first-order valence-electron chi connectivity index (χ1n) is 15.0. The summed E-state index contributed by atoms with van der Waals surface area (Å²) in [6.45, 7) is 4.67. The molecule has 7 atom stereocenters. The van der Waals surface area contributed by atoms with E-state index in [1.165, 1.54) is 6.42 Å². The van der Waals surface area contributed by atoms with Crippen LogP contribution in [0.4, 0.5) is 5.69 Å². The van der Waals surface area contributed by atoms with Crippen LogP contribution in [0, 0.1) is 17.8 Å². The minimum absolute atomic E-state index is 0.0285. The summed E-state index contributed by atoms with van der Waals surface area (Å²) in [4.78, 5) is 44.0. The number of carbonyl (C=O) groups excluding carboxylic acids is 3. The van der Waals surface area contributed by atoms with Gasteiger partial charge in [0.25, 0.3) is 0 Å². The third-order valence-corrected chi connectivity index (χ3v) is 9.67. The van der Waals surface area contributed by atoms with E-state index >= 15 is 0 Å². The molecule has 1 aromatic rings. The van der Waals surface area contributed by atoms with Crippen LogP contribution in [-0.2, 0) is 19.1 Å². The van der Waals surface area contributed by atoms with Crippen LogP contribution in [0.25, 0.3) is 0 Å². The van der Waals surface area contributed by atoms with Crippen LogP contribution >= 0.6 is 0 Å². The van der Waals surface area contributed by atoms with Crippen LogP contribution < -0.4 is 15.4 Å². The van der Waals surface area contributed by atoms with Gasteiger partial charge < -0.3 is 25.0 Å². The van der Waals surface area contributed by atoms with Crippen LogP contribution in [0.1, 0.15) is 71.6 Å². The molecule has 4 fully saturated rings. The number of likely N-dealkylation sites (tertiary alicyclic amines) is 1.